The maximum absolute atomic E-state index is 12.8. The predicted molar refractivity (Wildman–Crippen MR) is 99.3 cm³/mol. The van der Waals surface area contributed by atoms with Gasteiger partial charge >= 0.3 is 0 Å². The van der Waals surface area contributed by atoms with Crippen LogP contribution < -0.4 is 15.4 Å². The van der Waals surface area contributed by atoms with Crippen LogP contribution >= 0.6 is 11.8 Å². The van der Waals surface area contributed by atoms with Crippen LogP contribution in [-0.4, -0.2) is 31.6 Å². The quantitative estimate of drug-likeness (QED) is 0.865. The van der Waals surface area contributed by atoms with Gasteiger partial charge in [-0.15, -0.1) is 0 Å². The second-order valence-electron chi connectivity index (χ2n) is 6.69. The molecule has 1 saturated carbocycles. The van der Waals surface area contributed by atoms with Crippen LogP contribution in [0.3, 0.4) is 0 Å². The zero-order valence-corrected chi connectivity index (χ0v) is 15.0. The maximum atomic E-state index is 12.8. The Bertz CT molecular complexity index is 780. The first-order chi connectivity index (χ1) is 12.2. The first-order valence-electron chi connectivity index (χ1n) is 8.68. The largest absolute Gasteiger partial charge is 0.497 e. The highest BCUT2D eigenvalue weighted by molar-refractivity contribution is 7.99. The number of fused-ring (bicyclic) bond motifs is 2. The number of ether oxygens (including phenoxy) is 1. The van der Waals surface area contributed by atoms with Gasteiger partial charge in [-0.25, -0.2) is 0 Å². The number of benzene rings is 2. The van der Waals surface area contributed by atoms with Crippen LogP contribution in [0, 0.1) is 5.92 Å². The average molecular weight is 354 g/mol. The van der Waals surface area contributed by atoms with E-state index in [0.29, 0.717) is 18.0 Å². The van der Waals surface area contributed by atoms with E-state index >= 15 is 0 Å². The first-order valence-corrected chi connectivity index (χ1v) is 9.50. The molecule has 130 valence electrons. The van der Waals surface area contributed by atoms with Gasteiger partial charge in [-0.3, -0.25) is 4.79 Å². The normalized spacial score (nSPS) is 24.3. The summed E-state index contributed by atoms with van der Waals surface area (Å²) >= 11 is 1.59. The van der Waals surface area contributed by atoms with Gasteiger partial charge in [0, 0.05) is 28.4 Å². The van der Waals surface area contributed by atoms with Gasteiger partial charge in [-0.1, -0.05) is 30.0 Å². The lowest BCUT2D eigenvalue weighted by Gasteiger charge is -2.24. The van der Waals surface area contributed by atoms with Crippen LogP contribution in [-0.2, 0) is 0 Å². The molecule has 1 aliphatic heterocycles. The molecule has 2 aromatic rings. The number of carbonyl (C=O) groups is 1. The van der Waals surface area contributed by atoms with Gasteiger partial charge in [0.2, 0.25) is 0 Å². The smallest absolute Gasteiger partial charge is 0.252 e. The van der Waals surface area contributed by atoms with E-state index in [1.807, 2.05) is 48.5 Å². The zero-order valence-electron chi connectivity index (χ0n) is 14.2. The van der Waals surface area contributed by atoms with Crippen molar-refractivity contribution in [2.75, 3.05) is 13.7 Å². The van der Waals surface area contributed by atoms with E-state index in [1.165, 1.54) is 6.42 Å². The third kappa shape index (κ3) is 3.53. The fourth-order valence-corrected chi connectivity index (χ4v) is 4.79. The monoisotopic (exact) mass is 354 g/mol. The topological polar surface area (TPSA) is 50.4 Å². The molecular weight excluding hydrogens is 332 g/mol. The fraction of sp³-hybridized carbons (Fsp3) is 0.350. The van der Waals surface area contributed by atoms with E-state index in [2.05, 4.69) is 10.6 Å². The third-order valence-corrected chi connectivity index (χ3v) is 6.15. The van der Waals surface area contributed by atoms with Crippen LogP contribution in [0.1, 0.15) is 23.2 Å². The van der Waals surface area contributed by atoms with Crippen LogP contribution in [0.2, 0.25) is 0 Å². The summed E-state index contributed by atoms with van der Waals surface area (Å²) in [4.78, 5) is 14.9. The maximum Gasteiger partial charge on any atom is 0.252 e. The van der Waals surface area contributed by atoms with Crippen molar-refractivity contribution in [2.45, 2.75) is 34.7 Å². The van der Waals surface area contributed by atoms with Crippen LogP contribution in [0.4, 0.5) is 0 Å². The summed E-state index contributed by atoms with van der Waals surface area (Å²) in [6.07, 6.45) is 2.23. The average Bonchev–Trinajstić information content (AvgIpc) is 3.25. The van der Waals surface area contributed by atoms with E-state index in [-0.39, 0.29) is 5.91 Å². The Morgan fingerprint density at radius 3 is 2.84 bits per heavy atom. The van der Waals surface area contributed by atoms with Gasteiger partial charge in [-0.2, -0.15) is 0 Å². The Labute approximate surface area is 152 Å². The Morgan fingerprint density at radius 2 is 2.08 bits per heavy atom. The van der Waals surface area contributed by atoms with Crippen molar-refractivity contribution in [1.29, 1.82) is 0 Å². The zero-order chi connectivity index (χ0) is 17.2. The van der Waals surface area contributed by atoms with Crippen molar-refractivity contribution in [1.82, 2.24) is 10.6 Å². The summed E-state index contributed by atoms with van der Waals surface area (Å²) in [5, 5.41) is 6.74. The molecule has 3 atom stereocenters. The minimum atomic E-state index is 0.0311. The van der Waals surface area contributed by atoms with Crippen molar-refractivity contribution in [2.24, 2.45) is 5.92 Å². The van der Waals surface area contributed by atoms with E-state index in [9.17, 15) is 4.79 Å². The highest BCUT2D eigenvalue weighted by Gasteiger charge is 2.40. The number of piperidine rings is 1. The third-order valence-electron chi connectivity index (χ3n) is 5.08. The van der Waals surface area contributed by atoms with E-state index in [0.717, 1.165) is 34.1 Å². The number of amides is 1. The van der Waals surface area contributed by atoms with Gasteiger partial charge in [-0.05, 0) is 49.1 Å². The number of rotatable bonds is 5. The Kier molecular flexibility index (Phi) is 4.68. The first kappa shape index (κ1) is 16.5. The van der Waals surface area contributed by atoms with Gasteiger partial charge in [0.15, 0.2) is 0 Å². The molecule has 1 saturated heterocycles. The van der Waals surface area contributed by atoms with Crippen molar-refractivity contribution in [3.05, 3.63) is 54.1 Å². The summed E-state index contributed by atoms with van der Waals surface area (Å²) in [5.41, 5.74) is 0.742. The highest BCUT2D eigenvalue weighted by Crippen LogP contribution is 2.34. The SMILES string of the molecule is COc1cccc(Sc2ccccc2C(=O)NC2CC3CC2CN3)c1. The molecule has 2 aliphatic rings. The number of hydrogen-bond acceptors (Lipinski definition) is 4. The van der Waals surface area contributed by atoms with E-state index in [4.69, 9.17) is 4.74 Å². The number of carbonyl (C=O) groups excluding carboxylic acids is 1. The summed E-state index contributed by atoms with van der Waals surface area (Å²) in [5.74, 6) is 1.43. The molecular formula is C20H22N2O2S. The lowest BCUT2D eigenvalue weighted by molar-refractivity contribution is 0.0922. The van der Waals surface area contributed by atoms with Gasteiger partial charge in [0.1, 0.15) is 5.75 Å². The molecule has 4 rings (SSSR count). The molecule has 2 bridgehead atoms. The molecule has 0 radical (unpaired) electrons. The lowest BCUT2D eigenvalue weighted by Crippen LogP contribution is -2.44. The predicted octanol–water partition coefficient (Wildman–Crippen LogP) is 3.33. The summed E-state index contributed by atoms with van der Waals surface area (Å²) in [6.45, 7) is 1.02. The number of nitrogens with one attached hydrogen (secondary N) is 2. The summed E-state index contributed by atoms with van der Waals surface area (Å²) in [6, 6.07) is 16.6. The minimum Gasteiger partial charge on any atom is -0.497 e. The lowest BCUT2D eigenvalue weighted by atomic mass is 10.0. The molecule has 0 aromatic heterocycles. The molecule has 25 heavy (non-hydrogen) atoms. The Hall–Kier alpha value is -1.98. The molecule has 3 unspecified atom stereocenters. The standard InChI is InChI=1S/C20H22N2O2S/c1-24-15-5-4-6-16(11-15)25-19-8-3-2-7-17(19)20(23)22-18-10-14-9-13(18)12-21-14/h2-8,11,13-14,18,21H,9-10,12H2,1H3,(H,22,23). The molecule has 2 fully saturated rings. The van der Waals surface area contributed by atoms with Crippen molar-refractivity contribution >= 4 is 17.7 Å². The van der Waals surface area contributed by atoms with Crippen molar-refractivity contribution in [3.63, 3.8) is 0 Å². The van der Waals surface area contributed by atoms with Crippen LogP contribution in [0.25, 0.3) is 0 Å². The Balaban J connectivity index is 1.51. The second kappa shape index (κ2) is 7.10. The molecule has 5 heteroatoms. The molecule has 2 aromatic carbocycles. The van der Waals surface area contributed by atoms with E-state index < -0.39 is 0 Å². The second-order valence-corrected chi connectivity index (χ2v) is 7.81. The minimum absolute atomic E-state index is 0.0311. The molecule has 1 amide bonds. The van der Waals surface area contributed by atoms with E-state index in [1.54, 1.807) is 18.9 Å². The summed E-state index contributed by atoms with van der Waals surface area (Å²) < 4.78 is 5.29. The van der Waals surface area contributed by atoms with Crippen molar-refractivity contribution < 1.29 is 9.53 Å². The van der Waals surface area contributed by atoms with Gasteiger partial charge in [0.05, 0.1) is 12.7 Å². The molecule has 0 spiro atoms. The fourth-order valence-electron chi connectivity index (χ4n) is 3.79. The Morgan fingerprint density at radius 1 is 1.20 bits per heavy atom. The molecule has 1 heterocycles. The van der Waals surface area contributed by atoms with Crippen molar-refractivity contribution in [3.8, 4) is 5.75 Å². The molecule has 1 aliphatic carbocycles. The highest BCUT2D eigenvalue weighted by atomic mass is 32.2. The van der Waals surface area contributed by atoms with Crippen LogP contribution in [0.15, 0.2) is 58.3 Å². The summed E-state index contributed by atoms with van der Waals surface area (Å²) in [7, 11) is 1.66. The van der Waals surface area contributed by atoms with Crippen LogP contribution in [0.5, 0.6) is 5.75 Å². The number of methoxy groups -OCH3 is 1. The van der Waals surface area contributed by atoms with Gasteiger partial charge < -0.3 is 15.4 Å². The molecule has 2 N–H and O–H groups in total. The molecule has 4 nitrogen and oxygen atoms in total. The number of hydrogen-bond donors (Lipinski definition) is 2. The van der Waals surface area contributed by atoms with Gasteiger partial charge in [0.25, 0.3) is 5.91 Å².